The van der Waals surface area contributed by atoms with Crippen LogP contribution in [-0.2, 0) is 9.53 Å². The van der Waals surface area contributed by atoms with Crippen LogP contribution in [0.15, 0.2) is 24.3 Å². The van der Waals surface area contributed by atoms with Gasteiger partial charge in [-0.15, -0.1) is 0 Å². The number of rotatable bonds is 7. The molecule has 1 atom stereocenters. The van der Waals surface area contributed by atoms with Crippen molar-refractivity contribution in [2.24, 2.45) is 0 Å². The molecule has 128 valence electrons. The number of hydrogen-bond acceptors (Lipinski definition) is 4. The summed E-state index contributed by atoms with van der Waals surface area (Å²) in [6.45, 7) is 2.52. The first-order chi connectivity index (χ1) is 11.3. The number of likely N-dealkylation sites (tertiary alicyclic amines) is 1. The second kappa shape index (κ2) is 9.53. The molecule has 5 heteroatoms. The molecule has 1 unspecified atom stereocenters. The third-order valence-corrected chi connectivity index (χ3v) is 4.33. The molecule has 1 aliphatic heterocycles. The van der Waals surface area contributed by atoms with Gasteiger partial charge >= 0.3 is 0 Å². The summed E-state index contributed by atoms with van der Waals surface area (Å²) in [5, 5.41) is 3.16. The van der Waals surface area contributed by atoms with E-state index in [0.29, 0.717) is 19.7 Å². The van der Waals surface area contributed by atoms with E-state index in [1.54, 1.807) is 14.2 Å². The van der Waals surface area contributed by atoms with Crippen molar-refractivity contribution < 1.29 is 14.3 Å². The van der Waals surface area contributed by atoms with Crippen LogP contribution in [0.25, 0.3) is 0 Å². The van der Waals surface area contributed by atoms with Crippen LogP contribution in [0, 0.1) is 0 Å². The summed E-state index contributed by atoms with van der Waals surface area (Å²) < 4.78 is 10.2. The van der Waals surface area contributed by atoms with Crippen LogP contribution in [-0.4, -0.2) is 51.3 Å². The topological polar surface area (TPSA) is 50.8 Å². The fraction of sp³-hybridized carbons (Fsp3) is 0.611. The van der Waals surface area contributed by atoms with Gasteiger partial charge in [-0.25, -0.2) is 0 Å². The van der Waals surface area contributed by atoms with E-state index in [9.17, 15) is 4.79 Å². The quantitative estimate of drug-likeness (QED) is 0.784. The summed E-state index contributed by atoms with van der Waals surface area (Å²) in [7, 11) is 3.33. The highest BCUT2D eigenvalue weighted by Crippen LogP contribution is 2.31. The first kappa shape index (κ1) is 17.8. The molecule has 1 heterocycles. The number of nitrogens with zero attached hydrogens (tertiary/aromatic N) is 1. The molecule has 1 fully saturated rings. The lowest BCUT2D eigenvalue weighted by molar-refractivity contribution is -0.132. The zero-order chi connectivity index (χ0) is 16.5. The van der Waals surface area contributed by atoms with E-state index in [2.05, 4.69) is 17.4 Å². The Bertz CT molecular complexity index is 476. The molecule has 0 radical (unpaired) electrons. The Labute approximate surface area is 139 Å². The molecule has 23 heavy (non-hydrogen) atoms. The van der Waals surface area contributed by atoms with E-state index < -0.39 is 0 Å². The first-order valence-corrected chi connectivity index (χ1v) is 8.39. The number of benzene rings is 1. The Morgan fingerprint density at radius 2 is 2.00 bits per heavy atom. The van der Waals surface area contributed by atoms with Crippen LogP contribution in [0.1, 0.15) is 37.3 Å². The van der Waals surface area contributed by atoms with Crippen LogP contribution in [0.2, 0.25) is 0 Å². The third kappa shape index (κ3) is 5.22. The minimum Gasteiger partial charge on any atom is -0.497 e. The van der Waals surface area contributed by atoms with Crippen molar-refractivity contribution in [3.05, 3.63) is 29.8 Å². The molecule has 2 rings (SSSR count). The SMILES string of the molecule is COCCNCC(=O)N1CCCCCC1c1ccc(OC)cc1. The van der Waals surface area contributed by atoms with Gasteiger partial charge in [-0.2, -0.15) is 0 Å². The maximum absolute atomic E-state index is 12.6. The van der Waals surface area contributed by atoms with Crippen molar-refractivity contribution in [2.45, 2.75) is 31.7 Å². The van der Waals surface area contributed by atoms with Crippen LogP contribution >= 0.6 is 0 Å². The predicted molar refractivity (Wildman–Crippen MR) is 90.7 cm³/mol. The molecule has 1 N–H and O–H groups in total. The molecule has 0 aliphatic carbocycles. The minimum atomic E-state index is 0.167. The van der Waals surface area contributed by atoms with Gasteiger partial charge < -0.3 is 19.7 Å². The number of carbonyl (C=O) groups is 1. The summed E-state index contributed by atoms with van der Waals surface area (Å²) in [5.74, 6) is 1.02. The Kier molecular flexibility index (Phi) is 7.36. The molecule has 1 saturated heterocycles. The molecule has 1 aromatic carbocycles. The van der Waals surface area contributed by atoms with Crippen LogP contribution in [0.4, 0.5) is 0 Å². The molecular weight excluding hydrogens is 292 g/mol. The molecule has 1 aliphatic rings. The number of carbonyl (C=O) groups excluding carboxylic acids is 1. The second-order valence-electron chi connectivity index (χ2n) is 5.90. The largest absolute Gasteiger partial charge is 0.497 e. The van der Waals surface area contributed by atoms with E-state index in [4.69, 9.17) is 9.47 Å². The predicted octanol–water partition coefficient (Wildman–Crippen LogP) is 2.37. The fourth-order valence-corrected chi connectivity index (χ4v) is 3.05. The van der Waals surface area contributed by atoms with Gasteiger partial charge in [0.15, 0.2) is 0 Å². The van der Waals surface area contributed by atoms with Crippen LogP contribution in [0.3, 0.4) is 0 Å². The normalized spacial score (nSPS) is 18.5. The molecule has 0 spiro atoms. The molecule has 5 nitrogen and oxygen atoms in total. The number of amides is 1. The van der Waals surface area contributed by atoms with Crippen molar-refractivity contribution >= 4 is 5.91 Å². The molecule has 1 amide bonds. The zero-order valence-corrected chi connectivity index (χ0v) is 14.2. The average molecular weight is 320 g/mol. The minimum absolute atomic E-state index is 0.167. The fourth-order valence-electron chi connectivity index (χ4n) is 3.05. The molecule has 0 bridgehead atoms. The Morgan fingerprint density at radius 1 is 1.22 bits per heavy atom. The lowest BCUT2D eigenvalue weighted by Crippen LogP contribution is -2.41. The summed E-state index contributed by atoms with van der Waals surface area (Å²) in [4.78, 5) is 14.7. The maximum Gasteiger partial charge on any atom is 0.237 e. The summed E-state index contributed by atoms with van der Waals surface area (Å²) in [5.41, 5.74) is 1.19. The van der Waals surface area contributed by atoms with Crippen LogP contribution in [0.5, 0.6) is 5.75 Å². The maximum atomic E-state index is 12.6. The van der Waals surface area contributed by atoms with Crippen molar-refractivity contribution in [3.63, 3.8) is 0 Å². The van der Waals surface area contributed by atoms with Gasteiger partial charge in [0.05, 0.1) is 26.3 Å². The Morgan fingerprint density at radius 3 is 2.70 bits per heavy atom. The number of ether oxygens (including phenoxy) is 2. The summed E-state index contributed by atoms with van der Waals surface area (Å²) >= 11 is 0. The Balaban J connectivity index is 2.04. The van der Waals surface area contributed by atoms with Crippen molar-refractivity contribution in [1.29, 1.82) is 0 Å². The van der Waals surface area contributed by atoms with E-state index in [1.807, 2.05) is 17.0 Å². The number of nitrogens with one attached hydrogen (secondary N) is 1. The average Bonchev–Trinajstić information content (AvgIpc) is 2.84. The van der Waals surface area contributed by atoms with Gasteiger partial charge in [-0.05, 0) is 30.5 Å². The molecular formula is C18H28N2O3. The zero-order valence-electron chi connectivity index (χ0n) is 14.2. The second-order valence-corrected chi connectivity index (χ2v) is 5.90. The van der Waals surface area contributed by atoms with Crippen molar-refractivity contribution in [1.82, 2.24) is 10.2 Å². The summed E-state index contributed by atoms with van der Waals surface area (Å²) in [6.07, 6.45) is 4.46. The van der Waals surface area contributed by atoms with Crippen LogP contribution < -0.4 is 10.1 Å². The van der Waals surface area contributed by atoms with E-state index in [-0.39, 0.29) is 11.9 Å². The highest BCUT2D eigenvalue weighted by atomic mass is 16.5. The van der Waals surface area contributed by atoms with E-state index >= 15 is 0 Å². The number of methoxy groups -OCH3 is 2. The highest BCUT2D eigenvalue weighted by molar-refractivity contribution is 5.78. The van der Waals surface area contributed by atoms with Crippen molar-refractivity contribution in [3.8, 4) is 5.75 Å². The molecule has 0 aromatic heterocycles. The highest BCUT2D eigenvalue weighted by Gasteiger charge is 2.26. The smallest absolute Gasteiger partial charge is 0.237 e. The standard InChI is InChI=1S/C18H28N2O3/c1-22-13-11-19-14-18(21)20-12-5-3-4-6-17(20)15-7-9-16(23-2)10-8-15/h7-10,17,19H,3-6,11-14H2,1-2H3. The van der Waals surface area contributed by atoms with Gasteiger partial charge in [-0.3, -0.25) is 4.79 Å². The monoisotopic (exact) mass is 320 g/mol. The van der Waals surface area contributed by atoms with Gasteiger partial charge in [0.2, 0.25) is 5.91 Å². The third-order valence-electron chi connectivity index (χ3n) is 4.33. The van der Waals surface area contributed by atoms with Crippen molar-refractivity contribution in [2.75, 3.05) is 40.5 Å². The molecule has 0 saturated carbocycles. The van der Waals surface area contributed by atoms with Gasteiger partial charge in [0.25, 0.3) is 0 Å². The Hall–Kier alpha value is -1.59. The summed E-state index contributed by atoms with van der Waals surface area (Å²) in [6, 6.07) is 8.26. The van der Waals surface area contributed by atoms with Gasteiger partial charge in [0.1, 0.15) is 5.75 Å². The van der Waals surface area contributed by atoms with Gasteiger partial charge in [-0.1, -0.05) is 25.0 Å². The lowest BCUT2D eigenvalue weighted by Gasteiger charge is -2.31. The van der Waals surface area contributed by atoms with Gasteiger partial charge in [0, 0.05) is 20.2 Å². The molecule has 1 aromatic rings. The van der Waals surface area contributed by atoms with E-state index in [1.165, 1.54) is 12.0 Å². The number of hydrogen-bond donors (Lipinski definition) is 1. The lowest BCUT2D eigenvalue weighted by atomic mass is 10.0. The van der Waals surface area contributed by atoms with E-state index in [0.717, 1.165) is 31.6 Å². The first-order valence-electron chi connectivity index (χ1n) is 8.39.